The number of likely N-dealkylation sites (tertiary alicyclic amines) is 1. The fourth-order valence-corrected chi connectivity index (χ4v) is 3.98. The van der Waals surface area contributed by atoms with E-state index in [1.807, 2.05) is 25.7 Å². The van der Waals surface area contributed by atoms with Crippen LogP contribution in [0, 0.1) is 18.3 Å². The van der Waals surface area contributed by atoms with E-state index in [2.05, 4.69) is 18.2 Å². The lowest BCUT2D eigenvalue weighted by Crippen LogP contribution is -2.49. The number of nitrogens with one attached hydrogen (secondary N) is 1. The molecule has 23 heavy (non-hydrogen) atoms. The second kappa shape index (κ2) is 7.57. The maximum absolute atomic E-state index is 12.5. The molecule has 0 aromatic carbocycles. The van der Waals surface area contributed by atoms with Crippen molar-refractivity contribution in [1.82, 2.24) is 10.2 Å². The third kappa shape index (κ3) is 4.64. The van der Waals surface area contributed by atoms with Crippen LogP contribution in [0.15, 0.2) is 0 Å². The number of nitrogens with zero attached hydrogens (tertiary/aromatic N) is 1. The summed E-state index contributed by atoms with van der Waals surface area (Å²) in [4.78, 5) is 14.5. The Bertz CT molecular complexity index is 449. The molecule has 0 aromatic rings. The average Bonchev–Trinajstić information content (AvgIpc) is 3.11. The number of carbonyl (C=O) groups excluding carboxylic acids is 1. The number of amides is 1. The van der Waals surface area contributed by atoms with E-state index in [1.54, 1.807) is 0 Å². The van der Waals surface area contributed by atoms with Crippen LogP contribution in [0.3, 0.4) is 0 Å². The van der Waals surface area contributed by atoms with Gasteiger partial charge in [0.1, 0.15) is 5.60 Å². The van der Waals surface area contributed by atoms with Crippen LogP contribution in [0.1, 0.15) is 66.2 Å². The maximum Gasteiger partial charge on any atom is 0.410 e. The van der Waals surface area contributed by atoms with E-state index >= 15 is 0 Å². The number of hydrogen-bond donors (Lipinski definition) is 1. The number of ether oxygens (including phenoxy) is 1. The third-order valence-corrected chi connectivity index (χ3v) is 5.02. The normalized spacial score (nSPS) is 29.3. The first-order valence-electron chi connectivity index (χ1n) is 9.07. The first-order chi connectivity index (χ1) is 10.9. The summed E-state index contributed by atoms with van der Waals surface area (Å²) in [6, 6.07) is 0.848. The van der Waals surface area contributed by atoms with Crippen LogP contribution in [-0.4, -0.2) is 41.3 Å². The van der Waals surface area contributed by atoms with Gasteiger partial charge in [-0.1, -0.05) is 19.3 Å². The van der Waals surface area contributed by atoms with Crippen LogP contribution in [0.2, 0.25) is 0 Å². The molecule has 4 unspecified atom stereocenters. The van der Waals surface area contributed by atoms with Crippen molar-refractivity contribution in [3.05, 3.63) is 0 Å². The molecule has 4 nitrogen and oxygen atoms in total. The summed E-state index contributed by atoms with van der Waals surface area (Å²) in [6.45, 7) is 8.71. The van der Waals surface area contributed by atoms with Gasteiger partial charge in [-0.15, -0.1) is 6.42 Å². The lowest BCUT2D eigenvalue weighted by molar-refractivity contribution is 0.0166. The molecular formula is C19H32N2O2. The van der Waals surface area contributed by atoms with Crippen molar-refractivity contribution in [2.75, 3.05) is 6.54 Å². The van der Waals surface area contributed by atoms with Gasteiger partial charge in [0.05, 0.1) is 6.04 Å². The van der Waals surface area contributed by atoms with E-state index in [-0.39, 0.29) is 12.1 Å². The van der Waals surface area contributed by atoms with Gasteiger partial charge in [-0.2, -0.15) is 0 Å². The monoisotopic (exact) mass is 320 g/mol. The molecule has 0 radical (unpaired) electrons. The Balaban J connectivity index is 2.03. The minimum absolute atomic E-state index is 0.136. The average molecular weight is 320 g/mol. The smallest absolute Gasteiger partial charge is 0.410 e. The van der Waals surface area contributed by atoms with Gasteiger partial charge in [-0.25, -0.2) is 4.79 Å². The molecule has 1 amide bonds. The highest BCUT2D eigenvalue weighted by atomic mass is 16.6. The Hall–Kier alpha value is -1.21. The van der Waals surface area contributed by atoms with E-state index in [9.17, 15) is 4.79 Å². The van der Waals surface area contributed by atoms with E-state index in [4.69, 9.17) is 11.2 Å². The zero-order valence-corrected chi connectivity index (χ0v) is 15.1. The van der Waals surface area contributed by atoms with Crippen LogP contribution in [0.25, 0.3) is 0 Å². The summed E-state index contributed by atoms with van der Waals surface area (Å²) >= 11 is 0. The van der Waals surface area contributed by atoms with Crippen LogP contribution in [0.4, 0.5) is 4.79 Å². The van der Waals surface area contributed by atoms with Crippen molar-refractivity contribution in [3.8, 4) is 12.3 Å². The second-order valence-electron chi connectivity index (χ2n) is 7.88. The van der Waals surface area contributed by atoms with Crippen LogP contribution in [-0.2, 0) is 4.74 Å². The summed E-state index contributed by atoms with van der Waals surface area (Å²) in [5.74, 6) is 3.33. The first-order valence-corrected chi connectivity index (χ1v) is 9.07. The molecule has 1 aliphatic heterocycles. The van der Waals surface area contributed by atoms with Crippen molar-refractivity contribution in [2.45, 2.75) is 89.9 Å². The molecule has 1 N–H and O–H groups in total. The lowest BCUT2D eigenvalue weighted by atomic mass is 9.91. The zero-order chi connectivity index (χ0) is 17.0. The van der Waals surface area contributed by atoms with E-state index in [1.165, 1.54) is 12.8 Å². The highest BCUT2D eigenvalue weighted by molar-refractivity contribution is 5.69. The van der Waals surface area contributed by atoms with E-state index in [0.29, 0.717) is 18.0 Å². The summed E-state index contributed by atoms with van der Waals surface area (Å²) in [5, 5.41) is 3.64. The molecule has 0 spiro atoms. The van der Waals surface area contributed by atoms with Gasteiger partial charge >= 0.3 is 6.09 Å². The predicted octanol–water partition coefficient (Wildman–Crippen LogP) is 3.56. The molecule has 2 rings (SSSR count). The molecule has 130 valence electrons. The summed E-state index contributed by atoms with van der Waals surface area (Å²) < 4.78 is 5.60. The van der Waals surface area contributed by atoms with Crippen LogP contribution < -0.4 is 5.32 Å². The van der Waals surface area contributed by atoms with Gasteiger partial charge in [0, 0.05) is 18.6 Å². The van der Waals surface area contributed by atoms with Crippen LogP contribution >= 0.6 is 0 Å². The topological polar surface area (TPSA) is 41.6 Å². The molecule has 1 heterocycles. The third-order valence-electron chi connectivity index (χ3n) is 5.02. The van der Waals surface area contributed by atoms with E-state index in [0.717, 1.165) is 32.2 Å². The second-order valence-corrected chi connectivity index (χ2v) is 7.88. The first kappa shape index (κ1) is 18.1. The lowest BCUT2D eigenvalue weighted by Gasteiger charge is -2.35. The SMILES string of the molecule is C#CC(CC)NC1CCCC1C1CCCN1C(=O)OC(C)(C)C. The zero-order valence-electron chi connectivity index (χ0n) is 15.1. The molecule has 1 saturated heterocycles. The fourth-order valence-electron chi connectivity index (χ4n) is 3.98. The minimum atomic E-state index is -0.436. The largest absolute Gasteiger partial charge is 0.444 e. The Morgan fingerprint density at radius 1 is 1.35 bits per heavy atom. The van der Waals surface area contributed by atoms with Gasteiger partial charge in [0.15, 0.2) is 0 Å². The van der Waals surface area contributed by atoms with Gasteiger partial charge in [-0.3, -0.25) is 0 Å². The number of rotatable bonds is 4. The van der Waals surface area contributed by atoms with Gasteiger partial charge in [-0.05, 0) is 58.8 Å². The summed E-state index contributed by atoms with van der Waals surface area (Å²) in [6.07, 6.45) is 12.1. The van der Waals surface area contributed by atoms with Crippen molar-refractivity contribution in [3.63, 3.8) is 0 Å². The standard InChI is InChI=1S/C19H32N2O2/c1-6-14(7-2)20-16-11-8-10-15(16)17-12-9-13-21(17)18(22)23-19(3,4)5/h1,14-17,20H,7-13H2,2-5H3. The molecule has 1 saturated carbocycles. The Morgan fingerprint density at radius 3 is 2.70 bits per heavy atom. The molecule has 4 atom stereocenters. The van der Waals surface area contributed by atoms with Crippen molar-refractivity contribution in [1.29, 1.82) is 0 Å². The molecule has 0 bridgehead atoms. The molecule has 0 aromatic heterocycles. The summed E-state index contributed by atoms with van der Waals surface area (Å²) in [5.41, 5.74) is -0.436. The summed E-state index contributed by atoms with van der Waals surface area (Å²) in [7, 11) is 0. The van der Waals surface area contributed by atoms with Gasteiger partial charge in [0.25, 0.3) is 0 Å². The Kier molecular flexibility index (Phi) is 5.97. The van der Waals surface area contributed by atoms with Gasteiger partial charge < -0.3 is 15.0 Å². The van der Waals surface area contributed by atoms with Crippen molar-refractivity contribution >= 4 is 6.09 Å². The van der Waals surface area contributed by atoms with Crippen molar-refractivity contribution < 1.29 is 9.53 Å². The molecule has 4 heteroatoms. The predicted molar refractivity (Wildman–Crippen MR) is 93.1 cm³/mol. The Labute approximate surface area is 141 Å². The van der Waals surface area contributed by atoms with Gasteiger partial charge in [0.2, 0.25) is 0 Å². The van der Waals surface area contributed by atoms with Crippen molar-refractivity contribution in [2.24, 2.45) is 5.92 Å². The molecular weight excluding hydrogens is 288 g/mol. The Morgan fingerprint density at radius 2 is 2.09 bits per heavy atom. The highest BCUT2D eigenvalue weighted by Crippen LogP contribution is 2.36. The fraction of sp³-hybridized carbons (Fsp3) is 0.842. The molecule has 1 aliphatic carbocycles. The minimum Gasteiger partial charge on any atom is -0.444 e. The highest BCUT2D eigenvalue weighted by Gasteiger charge is 2.42. The quantitative estimate of drug-likeness (QED) is 0.805. The molecule has 2 fully saturated rings. The van der Waals surface area contributed by atoms with Crippen LogP contribution in [0.5, 0.6) is 0 Å². The number of carbonyl (C=O) groups is 1. The maximum atomic E-state index is 12.5. The molecule has 2 aliphatic rings. The van der Waals surface area contributed by atoms with E-state index < -0.39 is 5.60 Å². The number of hydrogen-bond acceptors (Lipinski definition) is 3. The number of terminal acetylenes is 1.